The predicted octanol–water partition coefficient (Wildman–Crippen LogP) is 1.25. The van der Waals surface area contributed by atoms with Crippen molar-refractivity contribution in [2.24, 2.45) is 0 Å². The topological polar surface area (TPSA) is 59.7 Å². The fourth-order valence-corrected chi connectivity index (χ4v) is 1.02. The van der Waals surface area contributed by atoms with Gasteiger partial charge in [0.05, 0.1) is 7.11 Å². The van der Waals surface area contributed by atoms with Gasteiger partial charge in [0.1, 0.15) is 5.76 Å². The molecule has 66 valence electrons. The fraction of sp³-hybridized carbons (Fsp3) is 0.286. The number of aliphatic hydroxyl groups excluding tert-OH is 1. The Kier molecular flexibility index (Phi) is 2.88. The van der Waals surface area contributed by atoms with E-state index in [1.54, 1.807) is 6.07 Å². The minimum absolute atomic E-state index is 0.161. The molecule has 0 aromatic carbocycles. The number of carbonyl (C=O) groups is 1. The standard InChI is InChI=1S/C7H7BrO4/c1-11-7(10)6(9)4-2-3-5(8)12-4/h2-3,6,9H,1H3. The van der Waals surface area contributed by atoms with E-state index in [-0.39, 0.29) is 5.76 Å². The lowest BCUT2D eigenvalue weighted by atomic mass is 10.3. The number of hydrogen-bond acceptors (Lipinski definition) is 4. The Bertz CT molecular complexity index is 281. The van der Waals surface area contributed by atoms with Crippen molar-refractivity contribution < 1.29 is 19.1 Å². The van der Waals surface area contributed by atoms with E-state index in [0.717, 1.165) is 0 Å². The molecule has 1 aromatic heterocycles. The zero-order valence-electron chi connectivity index (χ0n) is 6.28. The number of methoxy groups -OCH3 is 1. The molecule has 1 heterocycles. The summed E-state index contributed by atoms with van der Waals surface area (Å²) in [5.41, 5.74) is 0. The highest BCUT2D eigenvalue weighted by Gasteiger charge is 2.20. The molecular formula is C7H7BrO4. The van der Waals surface area contributed by atoms with Crippen LogP contribution in [0.5, 0.6) is 0 Å². The van der Waals surface area contributed by atoms with E-state index in [0.29, 0.717) is 4.67 Å². The van der Waals surface area contributed by atoms with E-state index in [9.17, 15) is 9.90 Å². The first kappa shape index (κ1) is 9.28. The largest absolute Gasteiger partial charge is 0.467 e. The zero-order chi connectivity index (χ0) is 9.14. The van der Waals surface area contributed by atoms with Crippen molar-refractivity contribution in [2.75, 3.05) is 7.11 Å². The molecule has 12 heavy (non-hydrogen) atoms. The Balaban J connectivity index is 2.77. The quantitative estimate of drug-likeness (QED) is 0.783. The SMILES string of the molecule is COC(=O)C(O)c1ccc(Br)o1. The van der Waals surface area contributed by atoms with Gasteiger partial charge in [-0.05, 0) is 28.1 Å². The van der Waals surface area contributed by atoms with E-state index in [1.165, 1.54) is 13.2 Å². The molecule has 0 bridgehead atoms. The highest BCUT2D eigenvalue weighted by atomic mass is 79.9. The highest BCUT2D eigenvalue weighted by Crippen LogP contribution is 2.20. The van der Waals surface area contributed by atoms with Gasteiger partial charge in [0.25, 0.3) is 0 Å². The van der Waals surface area contributed by atoms with E-state index in [1.807, 2.05) is 0 Å². The molecule has 0 aliphatic heterocycles. The molecule has 1 rings (SSSR count). The average molecular weight is 235 g/mol. The van der Waals surface area contributed by atoms with Crippen LogP contribution in [0.1, 0.15) is 11.9 Å². The van der Waals surface area contributed by atoms with E-state index >= 15 is 0 Å². The van der Waals surface area contributed by atoms with Crippen molar-refractivity contribution in [2.45, 2.75) is 6.10 Å². The van der Waals surface area contributed by atoms with E-state index in [2.05, 4.69) is 20.7 Å². The molecule has 0 radical (unpaired) electrons. The summed E-state index contributed by atoms with van der Waals surface area (Å²) in [5.74, 6) is -0.578. The maximum absolute atomic E-state index is 10.8. The van der Waals surface area contributed by atoms with Gasteiger partial charge < -0.3 is 14.3 Å². The minimum atomic E-state index is -1.35. The summed E-state index contributed by atoms with van der Waals surface area (Å²) >= 11 is 3.04. The van der Waals surface area contributed by atoms with Gasteiger partial charge >= 0.3 is 5.97 Å². The molecule has 0 fully saturated rings. The molecule has 0 spiro atoms. The Hall–Kier alpha value is -0.810. The van der Waals surface area contributed by atoms with Crippen molar-refractivity contribution in [1.82, 2.24) is 0 Å². The van der Waals surface area contributed by atoms with Crippen LogP contribution in [0.3, 0.4) is 0 Å². The molecule has 5 heteroatoms. The minimum Gasteiger partial charge on any atom is -0.467 e. The Labute approximate surface area is 77.3 Å². The van der Waals surface area contributed by atoms with Gasteiger partial charge in [-0.2, -0.15) is 0 Å². The molecule has 0 aliphatic rings. The van der Waals surface area contributed by atoms with Crippen molar-refractivity contribution in [3.63, 3.8) is 0 Å². The first-order chi connectivity index (χ1) is 5.65. The number of furan rings is 1. The molecule has 1 aromatic rings. The zero-order valence-corrected chi connectivity index (χ0v) is 7.87. The summed E-state index contributed by atoms with van der Waals surface area (Å²) in [4.78, 5) is 10.8. The molecule has 0 amide bonds. The first-order valence-electron chi connectivity index (χ1n) is 3.16. The van der Waals surface area contributed by atoms with Crippen LogP contribution in [0.4, 0.5) is 0 Å². The highest BCUT2D eigenvalue weighted by molar-refractivity contribution is 9.10. The molecule has 0 saturated carbocycles. The molecule has 0 saturated heterocycles. The number of carbonyl (C=O) groups excluding carboxylic acids is 1. The summed E-state index contributed by atoms with van der Waals surface area (Å²) in [5, 5.41) is 9.21. The Morgan fingerprint density at radius 2 is 2.42 bits per heavy atom. The molecule has 4 nitrogen and oxygen atoms in total. The summed E-state index contributed by atoms with van der Waals surface area (Å²) in [7, 11) is 1.20. The van der Waals surface area contributed by atoms with Crippen LogP contribution in [0.15, 0.2) is 21.2 Å². The van der Waals surface area contributed by atoms with Gasteiger partial charge in [0, 0.05) is 0 Å². The van der Waals surface area contributed by atoms with Crippen LogP contribution in [0.25, 0.3) is 0 Å². The number of rotatable bonds is 2. The van der Waals surface area contributed by atoms with Crippen LogP contribution in [0.2, 0.25) is 0 Å². The smallest absolute Gasteiger partial charge is 0.342 e. The lowest BCUT2D eigenvalue weighted by Crippen LogP contribution is -2.12. The van der Waals surface area contributed by atoms with Crippen LogP contribution >= 0.6 is 15.9 Å². The van der Waals surface area contributed by atoms with Gasteiger partial charge in [0.15, 0.2) is 4.67 Å². The normalized spacial score (nSPS) is 12.6. The number of esters is 1. The molecule has 1 N–H and O–H groups in total. The second kappa shape index (κ2) is 3.73. The number of hydrogen-bond donors (Lipinski definition) is 1. The third-order valence-corrected chi connectivity index (χ3v) is 1.71. The summed E-state index contributed by atoms with van der Waals surface area (Å²) < 4.78 is 9.70. The number of ether oxygens (including phenoxy) is 1. The van der Waals surface area contributed by atoms with Crippen LogP contribution in [0, 0.1) is 0 Å². The lowest BCUT2D eigenvalue weighted by molar-refractivity contribution is -0.151. The second-order valence-corrected chi connectivity index (χ2v) is 2.85. The third-order valence-electron chi connectivity index (χ3n) is 1.29. The molecule has 0 aliphatic carbocycles. The predicted molar refractivity (Wildman–Crippen MR) is 43.4 cm³/mol. The monoisotopic (exact) mass is 234 g/mol. The van der Waals surface area contributed by atoms with Crippen LogP contribution in [-0.4, -0.2) is 18.2 Å². The van der Waals surface area contributed by atoms with E-state index in [4.69, 9.17) is 4.42 Å². The Morgan fingerprint density at radius 3 is 2.83 bits per heavy atom. The maximum Gasteiger partial charge on any atom is 0.342 e. The van der Waals surface area contributed by atoms with Gasteiger partial charge in [-0.1, -0.05) is 0 Å². The summed E-state index contributed by atoms with van der Waals surface area (Å²) in [6, 6.07) is 3.08. The van der Waals surface area contributed by atoms with Gasteiger partial charge in [-0.25, -0.2) is 4.79 Å². The van der Waals surface area contributed by atoms with Gasteiger partial charge in [0.2, 0.25) is 6.10 Å². The fourth-order valence-electron chi connectivity index (χ4n) is 0.703. The number of aliphatic hydroxyl groups is 1. The van der Waals surface area contributed by atoms with Crippen molar-refractivity contribution in [3.05, 3.63) is 22.6 Å². The van der Waals surface area contributed by atoms with E-state index < -0.39 is 12.1 Å². The first-order valence-corrected chi connectivity index (χ1v) is 3.95. The third kappa shape index (κ3) is 1.86. The van der Waals surface area contributed by atoms with Crippen molar-refractivity contribution >= 4 is 21.9 Å². The maximum atomic E-state index is 10.8. The van der Waals surface area contributed by atoms with Gasteiger partial charge in [-0.3, -0.25) is 0 Å². The lowest BCUT2D eigenvalue weighted by Gasteiger charge is -2.03. The summed E-state index contributed by atoms with van der Waals surface area (Å²) in [6.07, 6.45) is -1.35. The van der Waals surface area contributed by atoms with Crippen molar-refractivity contribution in [3.8, 4) is 0 Å². The van der Waals surface area contributed by atoms with Crippen LogP contribution < -0.4 is 0 Å². The summed E-state index contributed by atoms with van der Waals surface area (Å²) in [6.45, 7) is 0. The molecule has 1 atom stereocenters. The average Bonchev–Trinajstić information content (AvgIpc) is 2.49. The van der Waals surface area contributed by atoms with Crippen molar-refractivity contribution in [1.29, 1.82) is 0 Å². The Morgan fingerprint density at radius 1 is 1.75 bits per heavy atom. The second-order valence-electron chi connectivity index (χ2n) is 2.07. The number of halogens is 1. The van der Waals surface area contributed by atoms with Gasteiger partial charge in [-0.15, -0.1) is 0 Å². The molecule has 1 unspecified atom stereocenters. The van der Waals surface area contributed by atoms with Crippen LogP contribution in [-0.2, 0) is 9.53 Å². The molecular weight excluding hydrogens is 228 g/mol.